The third-order valence-corrected chi connectivity index (χ3v) is 3.59. The molecular formula is C15H15N5O3. The van der Waals surface area contributed by atoms with E-state index in [9.17, 15) is 9.90 Å². The van der Waals surface area contributed by atoms with Crippen LogP contribution in [0.2, 0.25) is 0 Å². The molecule has 0 bridgehead atoms. The summed E-state index contributed by atoms with van der Waals surface area (Å²) in [6, 6.07) is 6.94. The molecule has 0 spiro atoms. The quantitative estimate of drug-likeness (QED) is 0.705. The number of benzene rings is 1. The molecule has 0 amide bonds. The Bertz CT molecular complexity index is 862. The number of aromatic nitrogens is 4. The molecule has 8 heteroatoms. The van der Waals surface area contributed by atoms with Crippen LogP contribution in [0.5, 0.6) is 0 Å². The van der Waals surface area contributed by atoms with Crippen LogP contribution in [-0.2, 0) is 6.54 Å². The summed E-state index contributed by atoms with van der Waals surface area (Å²) < 4.78 is 6.66. The minimum atomic E-state index is -1.15. The third-order valence-electron chi connectivity index (χ3n) is 3.59. The summed E-state index contributed by atoms with van der Waals surface area (Å²) in [5.41, 5.74) is 8.82. The maximum atomic E-state index is 11.5. The van der Waals surface area contributed by atoms with Gasteiger partial charge >= 0.3 is 5.97 Å². The summed E-state index contributed by atoms with van der Waals surface area (Å²) in [5.74, 6) is -0.485. The summed E-state index contributed by atoms with van der Waals surface area (Å²) in [7, 11) is 0. The fourth-order valence-corrected chi connectivity index (χ4v) is 2.42. The molecule has 8 nitrogen and oxygen atoms in total. The molecule has 1 aromatic carbocycles. The highest BCUT2D eigenvalue weighted by atomic mass is 16.5. The second-order valence-corrected chi connectivity index (χ2v) is 5.18. The van der Waals surface area contributed by atoms with Crippen LogP contribution in [-0.4, -0.2) is 31.2 Å². The van der Waals surface area contributed by atoms with Gasteiger partial charge in [-0.15, -0.1) is 5.10 Å². The number of nitrogens with two attached hydrogens (primary N) is 1. The van der Waals surface area contributed by atoms with E-state index in [1.54, 1.807) is 31.2 Å². The van der Waals surface area contributed by atoms with E-state index in [2.05, 4.69) is 15.5 Å². The van der Waals surface area contributed by atoms with E-state index in [4.69, 9.17) is 10.3 Å². The van der Waals surface area contributed by atoms with Gasteiger partial charge in [0.05, 0.1) is 12.2 Å². The molecule has 118 valence electrons. The molecule has 0 fully saturated rings. The van der Waals surface area contributed by atoms with Crippen LogP contribution < -0.4 is 5.73 Å². The van der Waals surface area contributed by atoms with E-state index < -0.39 is 5.97 Å². The fourth-order valence-electron chi connectivity index (χ4n) is 2.42. The van der Waals surface area contributed by atoms with E-state index in [-0.39, 0.29) is 5.69 Å². The Hall–Kier alpha value is -3.16. The summed E-state index contributed by atoms with van der Waals surface area (Å²) >= 11 is 0. The number of rotatable bonds is 4. The van der Waals surface area contributed by atoms with Crippen LogP contribution in [0.3, 0.4) is 0 Å². The second-order valence-electron chi connectivity index (χ2n) is 5.18. The van der Waals surface area contributed by atoms with Crippen molar-refractivity contribution >= 4 is 11.7 Å². The van der Waals surface area contributed by atoms with E-state index in [1.807, 2.05) is 6.92 Å². The van der Waals surface area contributed by atoms with Gasteiger partial charge in [0.25, 0.3) is 0 Å². The summed E-state index contributed by atoms with van der Waals surface area (Å²) in [6.45, 7) is 3.93. The predicted molar refractivity (Wildman–Crippen MR) is 81.9 cm³/mol. The lowest BCUT2D eigenvalue weighted by atomic mass is 10.1. The zero-order valence-electron chi connectivity index (χ0n) is 12.6. The largest absolute Gasteiger partial charge is 0.476 e. The van der Waals surface area contributed by atoms with Gasteiger partial charge in [-0.3, -0.25) is 0 Å². The van der Waals surface area contributed by atoms with Gasteiger partial charge in [-0.1, -0.05) is 22.5 Å². The van der Waals surface area contributed by atoms with E-state index >= 15 is 0 Å². The minimum Gasteiger partial charge on any atom is -0.476 e. The van der Waals surface area contributed by atoms with Crippen LogP contribution >= 0.6 is 0 Å². The van der Waals surface area contributed by atoms with Gasteiger partial charge in [0, 0.05) is 16.8 Å². The molecule has 3 rings (SSSR count). The molecule has 3 N–H and O–H groups in total. The van der Waals surface area contributed by atoms with Gasteiger partial charge in [-0.05, 0) is 26.0 Å². The van der Waals surface area contributed by atoms with Gasteiger partial charge in [-0.2, -0.15) is 0 Å². The Labute approximate surface area is 131 Å². The molecule has 0 aliphatic carbocycles. The highest BCUT2D eigenvalue weighted by Crippen LogP contribution is 2.26. The third kappa shape index (κ3) is 2.66. The fraction of sp³-hybridized carbons (Fsp3) is 0.200. The summed E-state index contributed by atoms with van der Waals surface area (Å²) in [5, 5.41) is 21.0. The topological polar surface area (TPSA) is 120 Å². The summed E-state index contributed by atoms with van der Waals surface area (Å²) in [6.07, 6.45) is 0. The standard InChI is InChI=1S/C15H15N5O3/c1-8-12(9(2)23-18-8)7-20-14(13(15(21)22)17-19-20)10-4-3-5-11(16)6-10/h3-6H,7,16H2,1-2H3,(H,21,22). The van der Waals surface area contributed by atoms with E-state index in [0.717, 1.165) is 11.3 Å². The lowest BCUT2D eigenvalue weighted by Crippen LogP contribution is -2.07. The van der Waals surface area contributed by atoms with Crippen molar-refractivity contribution in [3.8, 4) is 11.3 Å². The first kappa shape index (κ1) is 14.8. The Kier molecular flexibility index (Phi) is 3.57. The Morgan fingerprint density at radius 3 is 2.78 bits per heavy atom. The van der Waals surface area contributed by atoms with Crippen LogP contribution in [0.4, 0.5) is 5.69 Å². The number of anilines is 1. The number of hydrogen-bond acceptors (Lipinski definition) is 6. The average Bonchev–Trinajstić information content (AvgIpc) is 3.06. The Morgan fingerprint density at radius 1 is 1.39 bits per heavy atom. The SMILES string of the molecule is Cc1noc(C)c1Cn1nnc(C(=O)O)c1-c1cccc(N)c1. The Balaban J connectivity index is 2.13. The first-order valence-electron chi connectivity index (χ1n) is 6.92. The van der Waals surface area contributed by atoms with Gasteiger partial charge in [0.2, 0.25) is 0 Å². The normalized spacial score (nSPS) is 10.9. The number of nitrogen functional groups attached to an aromatic ring is 1. The number of hydrogen-bond donors (Lipinski definition) is 2. The zero-order valence-corrected chi connectivity index (χ0v) is 12.6. The molecule has 23 heavy (non-hydrogen) atoms. The molecule has 0 aliphatic heterocycles. The van der Waals surface area contributed by atoms with Crippen molar-refractivity contribution in [2.24, 2.45) is 0 Å². The van der Waals surface area contributed by atoms with Crippen molar-refractivity contribution in [1.82, 2.24) is 20.2 Å². The van der Waals surface area contributed by atoms with E-state index in [0.29, 0.717) is 29.2 Å². The lowest BCUT2D eigenvalue weighted by molar-refractivity contribution is 0.0691. The number of aryl methyl sites for hydroxylation is 2. The molecule has 3 aromatic rings. The van der Waals surface area contributed by atoms with Crippen molar-refractivity contribution in [1.29, 1.82) is 0 Å². The molecule has 2 heterocycles. The molecule has 0 aliphatic rings. The van der Waals surface area contributed by atoms with Gasteiger partial charge in [-0.25, -0.2) is 9.48 Å². The molecule has 0 saturated heterocycles. The number of nitrogens with zero attached hydrogens (tertiary/aromatic N) is 4. The van der Waals surface area contributed by atoms with E-state index in [1.165, 1.54) is 4.68 Å². The summed E-state index contributed by atoms with van der Waals surface area (Å²) in [4.78, 5) is 11.5. The van der Waals surface area contributed by atoms with Crippen LogP contribution in [0.25, 0.3) is 11.3 Å². The van der Waals surface area contributed by atoms with Crippen molar-refractivity contribution in [2.75, 3.05) is 5.73 Å². The number of carbonyl (C=O) groups is 1. The zero-order chi connectivity index (χ0) is 16.6. The number of carboxylic acids is 1. The van der Waals surface area contributed by atoms with Crippen molar-refractivity contribution < 1.29 is 14.4 Å². The van der Waals surface area contributed by atoms with Gasteiger partial charge in [0.15, 0.2) is 5.69 Å². The van der Waals surface area contributed by atoms with Crippen LogP contribution in [0.1, 0.15) is 27.5 Å². The van der Waals surface area contributed by atoms with Crippen LogP contribution in [0.15, 0.2) is 28.8 Å². The van der Waals surface area contributed by atoms with Gasteiger partial charge in [0.1, 0.15) is 11.5 Å². The van der Waals surface area contributed by atoms with Crippen molar-refractivity contribution in [3.05, 3.63) is 47.0 Å². The highest BCUT2D eigenvalue weighted by Gasteiger charge is 2.22. The van der Waals surface area contributed by atoms with Crippen LogP contribution in [0, 0.1) is 13.8 Å². The molecule has 0 unspecified atom stereocenters. The Morgan fingerprint density at radius 2 is 2.17 bits per heavy atom. The molecule has 2 aromatic heterocycles. The average molecular weight is 313 g/mol. The second kappa shape index (κ2) is 5.56. The smallest absolute Gasteiger partial charge is 0.358 e. The molecule has 0 radical (unpaired) electrons. The lowest BCUT2D eigenvalue weighted by Gasteiger charge is -2.08. The monoisotopic (exact) mass is 313 g/mol. The molecule has 0 atom stereocenters. The number of aromatic carboxylic acids is 1. The highest BCUT2D eigenvalue weighted by molar-refractivity contribution is 5.92. The first-order valence-corrected chi connectivity index (χ1v) is 6.92. The maximum absolute atomic E-state index is 11.5. The van der Waals surface area contributed by atoms with Crippen molar-refractivity contribution in [3.63, 3.8) is 0 Å². The van der Waals surface area contributed by atoms with Crippen molar-refractivity contribution in [2.45, 2.75) is 20.4 Å². The van der Waals surface area contributed by atoms with Gasteiger partial charge < -0.3 is 15.4 Å². The maximum Gasteiger partial charge on any atom is 0.358 e. The molecular weight excluding hydrogens is 298 g/mol. The minimum absolute atomic E-state index is 0.123. The first-order chi connectivity index (χ1) is 11.0. The molecule has 0 saturated carbocycles. The number of carboxylic acid groups (broad SMARTS) is 1. The predicted octanol–water partition coefficient (Wildman–Crippen LogP) is 1.88.